The summed E-state index contributed by atoms with van der Waals surface area (Å²) in [5.41, 5.74) is 5.76. The van der Waals surface area contributed by atoms with Gasteiger partial charge in [0, 0.05) is 6.54 Å². The van der Waals surface area contributed by atoms with Crippen LogP contribution in [0.25, 0.3) is 0 Å². The number of thioether (sulfide) groups is 1. The number of aromatic nitrogens is 1. The number of nitrogens with zero attached hydrogens (tertiary/aromatic N) is 1. The average molecular weight is 286 g/mol. The lowest BCUT2D eigenvalue weighted by Crippen LogP contribution is -2.31. The fourth-order valence-electron chi connectivity index (χ4n) is 1.89. The molecule has 1 saturated heterocycles. The maximum absolute atomic E-state index is 11.9. The first kappa shape index (κ1) is 13.5. The molecule has 0 spiro atoms. The number of hydrogen-bond donors (Lipinski definition) is 2. The third kappa shape index (κ3) is 3.53. The van der Waals surface area contributed by atoms with Gasteiger partial charge in [0.25, 0.3) is 5.91 Å². The molecular formula is C12H16ClN3OS. The topological polar surface area (TPSA) is 68.0 Å². The summed E-state index contributed by atoms with van der Waals surface area (Å²) in [6.45, 7) is 0.687. The quantitative estimate of drug-likeness (QED) is 0.893. The molecule has 1 fully saturated rings. The van der Waals surface area contributed by atoms with Crippen LogP contribution in [-0.2, 0) is 0 Å². The van der Waals surface area contributed by atoms with Crippen LogP contribution in [-0.4, -0.2) is 28.9 Å². The van der Waals surface area contributed by atoms with Gasteiger partial charge in [-0.3, -0.25) is 4.79 Å². The Bertz CT molecular complexity index is 435. The molecule has 98 valence electrons. The molecule has 1 amide bonds. The van der Waals surface area contributed by atoms with Crippen molar-refractivity contribution in [3.63, 3.8) is 0 Å². The van der Waals surface area contributed by atoms with Crippen LogP contribution in [0.1, 0.15) is 23.3 Å². The van der Waals surface area contributed by atoms with Gasteiger partial charge in [-0.05, 0) is 42.4 Å². The Morgan fingerprint density at radius 1 is 1.50 bits per heavy atom. The third-order valence-electron chi connectivity index (χ3n) is 2.97. The van der Waals surface area contributed by atoms with E-state index in [1.165, 1.54) is 11.5 Å². The minimum Gasteiger partial charge on any atom is -0.384 e. The Morgan fingerprint density at radius 3 is 2.94 bits per heavy atom. The molecule has 1 aromatic heterocycles. The van der Waals surface area contributed by atoms with Crippen LogP contribution in [0, 0.1) is 5.92 Å². The summed E-state index contributed by atoms with van der Waals surface area (Å²) >= 11 is 7.90. The lowest BCUT2D eigenvalue weighted by atomic mass is 10.0. The molecule has 0 saturated carbocycles. The smallest absolute Gasteiger partial charge is 0.271 e. The van der Waals surface area contributed by atoms with Crippen LogP contribution in [0.3, 0.4) is 0 Å². The summed E-state index contributed by atoms with van der Waals surface area (Å²) in [5, 5.41) is 3.22. The monoisotopic (exact) mass is 285 g/mol. The highest BCUT2D eigenvalue weighted by molar-refractivity contribution is 7.99. The summed E-state index contributed by atoms with van der Waals surface area (Å²) in [4.78, 5) is 15.9. The molecule has 0 aliphatic carbocycles. The second-order valence-electron chi connectivity index (χ2n) is 4.33. The van der Waals surface area contributed by atoms with Crippen LogP contribution >= 0.6 is 23.4 Å². The van der Waals surface area contributed by atoms with Crippen molar-refractivity contribution < 1.29 is 4.79 Å². The van der Waals surface area contributed by atoms with Gasteiger partial charge in [0.1, 0.15) is 11.5 Å². The summed E-state index contributed by atoms with van der Waals surface area (Å²) in [5.74, 6) is 2.98. The summed E-state index contributed by atoms with van der Waals surface area (Å²) in [6, 6.07) is 3.17. The Labute approximate surface area is 116 Å². The van der Waals surface area contributed by atoms with E-state index in [0.717, 1.165) is 12.8 Å². The maximum Gasteiger partial charge on any atom is 0.271 e. The largest absolute Gasteiger partial charge is 0.384 e. The predicted molar refractivity (Wildman–Crippen MR) is 76.0 cm³/mol. The van der Waals surface area contributed by atoms with Gasteiger partial charge in [-0.15, -0.1) is 0 Å². The molecule has 1 aliphatic heterocycles. The van der Waals surface area contributed by atoms with Gasteiger partial charge in [0.15, 0.2) is 0 Å². The van der Waals surface area contributed by atoms with Crippen molar-refractivity contribution in [3.05, 3.63) is 22.8 Å². The standard InChI is InChI=1S/C12H16ClN3OS/c13-9-1-2-10(14)16-11(9)12(17)15-7-8-3-5-18-6-4-8/h1-2,8H,3-7H2,(H2,14,16)(H,15,17). The zero-order valence-corrected chi connectivity index (χ0v) is 11.6. The Balaban J connectivity index is 1.92. The number of halogens is 1. The lowest BCUT2D eigenvalue weighted by Gasteiger charge is -2.21. The van der Waals surface area contributed by atoms with E-state index in [2.05, 4.69) is 10.3 Å². The van der Waals surface area contributed by atoms with Crippen molar-refractivity contribution in [3.8, 4) is 0 Å². The number of hydrogen-bond acceptors (Lipinski definition) is 4. The van der Waals surface area contributed by atoms with Crippen LogP contribution in [0.4, 0.5) is 5.82 Å². The molecule has 1 aromatic rings. The van der Waals surface area contributed by atoms with Crippen LogP contribution in [0.5, 0.6) is 0 Å². The van der Waals surface area contributed by atoms with Crippen LogP contribution in [0.2, 0.25) is 5.02 Å². The first-order valence-electron chi connectivity index (χ1n) is 5.95. The number of nitrogen functional groups attached to an aromatic ring is 1. The fourth-order valence-corrected chi connectivity index (χ4v) is 3.28. The van der Waals surface area contributed by atoms with Crippen molar-refractivity contribution in [2.24, 2.45) is 5.92 Å². The SMILES string of the molecule is Nc1ccc(Cl)c(C(=O)NCC2CCSCC2)n1. The highest BCUT2D eigenvalue weighted by Crippen LogP contribution is 2.22. The van der Waals surface area contributed by atoms with E-state index in [1.54, 1.807) is 12.1 Å². The lowest BCUT2D eigenvalue weighted by molar-refractivity contribution is 0.0941. The van der Waals surface area contributed by atoms with E-state index < -0.39 is 0 Å². The van der Waals surface area contributed by atoms with Gasteiger partial charge < -0.3 is 11.1 Å². The fraction of sp³-hybridized carbons (Fsp3) is 0.500. The van der Waals surface area contributed by atoms with Gasteiger partial charge in [0.2, 0.25) is 0 Å². The average Bonchev–Trinajstić information content (AvgIpc) is 2.40. The minimum atomic E-state index is -0.245. The molecule has 1 aliphatic rings. The van der Waals surface area contributed by atoms with Crippen LogP contribution in [0.15, 0.2) is 12.1 Å². The highest BCUT2D eigenvalue weighted by Gasteiger charge is 2.17. The number of amides is 1. The first-order valence-corrected chi connectivity index (χ1v) is 7.48. The molecule has 0 bridgehead atoms. The number of carbonyl (C=O) groups excluding carboxylic acids is 1. The molecule has 0 atom stereocenters. The van der Waals surface area contributed by atoms with Gasteiger partial charge in [-0.2, -0.15) is 11.8 Å². The number of nitrogens with one attached hydrogen (secondary N) is 1. The Kier molecular flexibility index (Phi) is 4.72. The van der Waals surface area contributed by atoms with Crippen molar-refractivity contribution in [1.29, 1.82) is 0 Å². The second kappa shape index (κ2) is 6.29. The summed E-state index contributed by atoms with van der Waals surface area (Å²) in [6.07, 6.45) is 2.31. The molecule has 0 unspecified atom stereocenters. The molecule has 0 radical (unpaired) electrons. The number of anilines is 1. The van der Waals surface area contributed by atoms with Crippen molar-refractivity contribution >= 4 is 35.1 Å². The zero-order chi connectivity index (χ0) is 13.0. The zero-order valence-electron chi connectivity index (χ0n) is 9.99. The first-order chi connectivity index (χ1) is 8.66. The molecular weight excluding hydrogens is 270 g/mol. The van der Waals surface area contributed by atoms with Crippen LogP contribution < -0.4 is 11.1 Å². The number of pyridine rings is 1. The highest BCUT2D eigenvalue weighted by atomic mass is 35.5. The van der Waals surface area contributed by atoms with Gasteiger partial charge in [0.05, 0.1) is 5.02 Å². The molecule has 6 heteroatoms. The van der Waals surface area contributed by atoms with E-state index in [9.17, 15) is 4.79 Å². The van der Waals surface area contributed by atoms with Gasteiger partial charge >= 0.3 is 0 Å². The van der Waals surface area contributed by atoms with Gasteiger partial charge in [-0.25, -0.2) is 4.98 Å². The normalized spacial score (nSPS) is 16.5. The molecule has 2 rings (SSSR count). The minimum absolute atomic E-state index is 0.210. The number of rotatable bonds is 3. The summed E-state index contributed by atoms with van der Waals surface area (Å²) < 4.78 is 0. The summed E-state index contributed by atoms with van der Waals surface area (Å²) in [7, 11) is 0. The van der Waals surface area contributed by atoms with Crippen molar-refractivity contribution in [2.45, 2.75) is 12.8 Å². The predicted octanol–water partition coefficient (Wildman–Crippen LogP) is 2.19. The molecule has 4 nitrogen and oxygen atoms in total. The van der Waals surface area contributed by atoms with Crippen molar-refractivity contribution in [1.82, 2.24) is 10.3 Å². The maximum atomic E-state index is 11.9. The number of nitrogens with two attached hydrogens (primary N) is 1. The Morgan fingerprint density at radius 2 is 2.22 bits per heavy atom. The molecule has 0 aromatic carbocycles. The van der Waals surface area contributed by atoms with E-state index in [-0.39, 0.29) is 11.6 Å². The van der Waals surface area contributed by atoms with E-state index >= 15 is 0 Å². The molecule has 18 heavy (non-hydrogen) atoms. The van der Waals surface area contributed by atoms with E-state index in [0.29, 0.717) is 23.3 Å². The molecule has 3 N–H and O–H groups in total. The Hall–Kier alpha value is -0.940. The van der Waals surface area contributed by atoms with E-state index in [1.807, 2.05) is 11.8 Å². The van der Waals surface area contributed by atoms with Crippen molar-refractivity contribution in [2.75, 3.05) is 23.8 Å². The molecule has 2 heterocycles. The second-order valence-corrected chi connectivity index (χ2v) is 5.96. The van der Waals surface area contributed by atoms with Gasteiger partial charge in [-0.1, -0.05) is 11.6 Å². The van der Waals surface area contributed by atoms with E-state index in [4.69, 9.17) is 17.3 Å². The third-order valence-corrected chi connectivity index (χ3v) is 4.33. The number of carbonyl (C=O) groups is 1.